The molecule has 1 aromatic heterocycles. The van der Waals surface area contributed by atoms with Crippen LogP contribution in [0.25, 0.3) is 0 Å². The predicted molar refractivity (Wildman–Crippen MR) is 101 cm³/mol. The van der Waals surface area contributed by atoms with Crippen molar-refractivity contribution in [1.82, 2.24) is 20.1 Å². The Morgan fingerprint density at radius 2 is 1.93 bits per heavy atom. The van der Waals surface area contributed by atoms with E-state index in [1.807, 2.05) is 41.8 Å². The second-order valence-electron chi connectivity index (χ2n) is 7.56. The molecule has 0 spiro atoms. The van der Waals surface area contributed by atoms with Gasteiger partial charge in [-0.15, -0.1) is 0 Å². The Labute approximate surface area is 164 Å². The largest absolute Gasteiger partial charge is 0.368 e. The molecule has 1 saturated carbocycles. The number of rotatable bonds is 2. The fourth-order valence-corrected chi connectivity index (χ4v) is 5.21. The number of urea groups is 1. The van der Waals surface area contributed by atoms with Crippen LogP contribution in [-0.2, 0) is 6.54 Å². The maximum Gasteiger partial charge on any atom is 0.320 e. The van der Waals surface area contributed by atoms with Crippen molar-refractivity contribution in [3.8, 4) is 0 Å². The molecule has 1 saturated heterocycles. The van der Waals surface area contributed by atoms with E-state index in [9.17, 15) is 14.7 Å². The maximum atomic E-state index is 12.6. The number of aliphatic hydroxyl groups is 1. The van der Waals surface area contributed by atoms with Crippen molar-refractivity contribution >= 4 is 27.9 Å². The molecular formula is C19H19BrN4O3. The predicted octanol–water partition coefficient (Wildman–Crippen LogP) is 1.90. The summed E-state index contributed by atoms with van der Waals surface area (Å²) in [6, 6.07) is 10.1. The van der Waals surface area contributed by atoms with Crippen LogP contribution < -0.4 is 10.6 Å². The van der Waals surface area contributed by atoms with E-state index in [1.165, 1.54) is 4.90 Å². The van der Waals surface area contributed by atoms with E-state index in [-0.39, 0.29) is 24.0 Å². The molecule has 7 nitrogen and oxygen atoms in total. The van der Waals surface area contributed by atoms with E-state index in [0.717, 1.165) is 15.7 Å². The topological polar surface area (TPSA) is 86.6 Å². The molecule has 0 radical (unpaired) electrons. The summed E-state index contributed by atoms with van der Waals surface area (Å²) >= 11 is 3.50. The number of hydrogen-bond acceptors (Lipinski definition) is 3. The molecule has 8 heteroatoms. The van der Waals surface area contributed by atoms with Crippen molar-refractivity contribution < 1.29 is 14.7 Å². The van der Waals surface area contributed by atoms with Gasteiger partial charge < -0.3 is 20.3 Å². The monoisotopic (exact) mass is 430 g/mol. The van der Waals surface area contributed by atoms with Crippen LogP contribution in [-0.4, -0.2) is 44.3 Å². The molecule has 5 rings (SSSR count). The van der Waals surface area contributed by atoms with Gasteiger partial charge in [0.2, 0.25) is 0 Å². The molecule has 3 N–H and O–H groups in total. The molecule has 2 fully saturated rings. The van der Waals surface area contributed by atoms with Gasteiger partial charge in [0.15, 0.2) is 5.72 Å². The van der Waals surface area contributed by atoms with Crippen LogP contribution in [0.4, 0.5) is 4.79 Å². The molecule has 3 heterocycles. The van der Waals surface area contributed by atoms with E-state index in [2.05, 4.69) is 26.6 Å². The zero-order valence-corrected chi connectivity index (χ0v) is 16.2. The van der Waals surface area contributed by atoms with Gasteiger partial charge in [-0.25, -0.2) is 4.79 Å². The highest BCUT2D eigenvalue weighted by molar-refractivity contribution is 9.10. The molecule has 2 aliphatic heterocycles. The second-order valence-corrected chi connectivity index (χ2v) is 8.37. The first-order valence-electron chi connectivity index (χ1n) is 8.92. The minimum absolute atomic E-state index is 0.141. The number of halogens is 1. The highest BCUT2D eigenvalue weighted by Crippen LogP contribution is 2.47. The first-order chi connectivity index (χ1) is 12.9. The van der Waals surface area contributed by atoms with Crippen LogP contribution in [0.5, 0.6) is 0 Å². The number of amides is 3. The quantitative estimate of drug-likeness (QED) is 0.679. The van der Waals surface area contributed by atoms with E-state index in [1.54, 1.807) is 6.07 Å². The summed E-state index contributed by atoms with van der Waals surface area (Å²) in [6.07, 6.45) is 0.341. The molecule has 2 aromatic rings. The SMILES string of the molecule is Cc1ccc(CN2C(=O)N[C@H]3[C@@H]4NC(=O)c5ccc(Br)n5[C@@H]4C[C@]32O)cc1. The first-order valence-corrected chi connectivity index (χ1v) is 9.71. The van der Waals surface area contributed by atoms with Crippen LogP contribution in [0.3, 0.4) is 0 Å². The second kappa shape index (κ2) is 5.59. The molecule has 4 atom stereocenters. The Bertz CT molecular complexity index is 956. The van der Waals surface area contributed by atoms with Gasteiger partial charge >= 0.3 is 6.03 Å². The number of aryl methyl sites for hydroxylation is 1. The van der Waals surface area contributed by atoms with E-state index < -0.39 is 11.8 Å². The van der Waals surface area contributed by atoms with Crippen LogP contribution in [0.2, 0.25) is 0 Å². The van der Waals surface area contributed by atoms with Gasteiger partial charge in [0.25, 0.3) is 5.91 Å². The summed E-state index contributed by atoms with van der Waals surface area (Å²) in [6.45, 7) is 2.32. The number of nitrogens with zero attached hydrogens (tertiary/aromatic N) is 2. The van der Waals surface area contributed by atoms with Gasteiger partial charge in [-0.1, -0.05) is 29.8 Å². The fourth-order valence-electron chi connectivity index (χ4n) is 4.63. The molecule has 0 unspecified atom stereocenters. The molecule has 3 aliphatic rings. The summed E-state index contributed by atoms with van der Waals surface area (Å²) in [4.78, 5) is 26.6. The average Bonchev–Trinajstić information content (AvgIpc) is 3.22. The zero-order valence-electron chi connectivity index (χ0n) is 14.6. The molecule has 140 valence electrons. The van der Waals surface area contributed by atoms with E-state index in [4.69, 9.17) is 0 Å². The van der Waals surface area contributed by atoms with E-state index in [0.29, 0.717) is 18.7 Å². The Morgan fingerprint density at radius 1 is 1.19 bits per heavy atom. The lowest BCUT2D eigenvalue weighted by Gasteiger charge is -2.32. The van der Waals surface area contributed by atoms with Crippen molar-refractivity contribution in [2.24, 2.45) is 0 Å². The zero-order chi connectivity index (χ0) is 18.9. The molecule has 1 aliphatic carbocycles. The van der Waals surface area contributed by atoms with Crippen molar-refractivity contribution in [2.45, 2.75) is 43.7 Å². The number of aromatic nitrogens is 1. The molecule has 1 aromatic carbocycles. The number of benzene rings is 1. The van der Waals surface area contributed by atoms with Crippen LogP contribution in [0.15, 0.2) is 41.0 Å². The van der Waals surface area contributed by atoms with Crippen molar-refractivity contribution in [2.75, 3.05) is 0 Å². The molecule has 0 bridgehead atoms. The minimum atomic E-state index is -1.37. The fraction of sp³-hybridized carbons (Fsp3) is 0.368. The minimum Gasteiger partial charge on any atom is -0.368 e. The summed E-state index contributed by atoms with van der Waals surface area (Å²) < 4.78 is 2.71. The Morgan fingerprint density at radius 3 is 2.67 bits per heavy atom. The number of nitrogens with one attached hydrogen (secondary N) is 2. The molecular weight excluding hydrogens is 412 g/mol. The third-order valence-corrected chi connectivity index (χ3v) is 6.61. The van der Waals surface area contributed by atoms with Gasteiger partial charge in [-0.3, -0.25) is 9.69 Å². The lowest BCUT2D eigenvalue weighted by molar-refractivity contribution is -0.0717. The molecule has 3 amide bonds. The standard InChI is InChI=1S/C19H19BrN4O3/c1-10-2-4-11(5-3-10)9-23-18(26)22-16-15-13(8-19(16,23)27)24-12(17(25)21-15)6-7-14(24)20/h2-7,13,15-16,27H,8-9H2,1H3,(H,21,25)(H,22,26)/t13-,15-,16+,19+/m1/s1. The summed E-state index contributed by atoms with van der Waals surface area (Å²) in [5.41, 5.74) is 1.28. The van der Waals surface area contributed by atoms with Crippen molar-refractivity contribution in [3.05, 3.63) is 57.8 Å². The number of fused-ring (bicyclic) bond motifs is 5. The summed E-state index contributed by atoms with van der Waals surface area (Å²) in [7, 11) is 0. The third kappa shape index (κ3) is 2.29. The number of carbonyl (C=O) groups excluding carboxylic acids is 2. The number of carbonyl (C=O) groups is 2. The Hall–Kier alpha value is -2.32. The molecule has 27 heavy (non-hydrogen) atoms. The summed E-state index contributed by atoms with van der Waals surface area (Å²) in [5.74, 6) is -0.197. The van der Waals surface area contributed by atoms with Gasteiger partial charge in [-0.05, 0) is 40.5 Å². The lowest BCUT2D eigenvalue weighted by atomic mass is 10.0. The normalized spacial score (nSPS) is 31.2. The highest BCUT2D eigenvalue weighted by atomic mass is 79.9. The van der Waals surface area contributed by atoms with Crippen LogP contribution in [0, 0.1) is 6.92 Å². The lowest BCUT2D eigenvalue weighted by Crippen LogP contribution is -2.56. The number of hydrogen-bond donors (Lipinski definition) is 3. The van der Waals surface area contributed by atoms with Gasteiger partial charge in [0.05, 0.1) is 23.2 Å². The smallest absolute Gasteiger partial charge is 0.320 e. The van der Waals surface area contributed by atoms with E-state index >= 15 is 0 Å². The van der Waals surface area contributed by atoms with Gasteiger partial charge in [-0.2, -0.15) is 0 Å². The Kier molecular flexibility index (Phi) is 3.48. The first kappa shape index (κ1) is 16.8. The maximum absolute atomic E-state index is 12.6. The van der Waals surface area contributed by atoms with Crippen LogP contribution in [0.1, 0.15) is 34.1 Å². The highest BCUT2D eigenvalue weighted by Gasteiger charge is 2.64. The van der Waals surface area contributed by atoms with Crippen LogP contribution >= 0.6 is 15.9 Å². The average molecular weight is 431 g/mol. The summed E-state index contributed by atoms with van der Waals surface area (Å²) in [5, 5.41) is 17.4. The van der Waals surface area contributed by atoms with Gasteiger partial charge in [0, 0.05) is 6.42 Å². The Balaban J connectivity index is 1.51. The third-order valence-electron chi connectivity index (χ3n) is 5.96. The van der Waals surface area contributed by atoms with Crippen molar-refractivity contribution in [1.29, 1.82) is 0 Å². The van der Waals surface area contributed by atoms with Crippen molar-refractivity contribution in [3.63, 3.8) is 0 Å². The van der Waals surface area contributed by atoms with Gasteiger partial charge in [0.1, 0.15) is 11.7 Å².